The normalized spacial score (nSPS) is 14.6. The van der Waals surface area contributed by atoms with Crippen LogP contribution in [0.15, 0.2) is 47.4 Å². The van der Waals surface area contributed by atoms with Crippen LogP contribution < -0.4 is 5.73 Å². The van der Waals surface area contributed by atoms with Gasteiger partial charge in [0.15, 0.2) is 0 Å². The molecule has 0 spiro atoms. The van der Waals surface area contributed by atoms with E-state index in [1.54, 1.807) is 0 Å². The van der Waals surface area contributed by atoms with Crippen LogP contribution in [-0.4, -0.2) is 27.7 Å². The van der Waals surface area contributed by atoms with E-state index in [4.69, 9.17) is 10.8 Å². The van der Waals surface area contributed by atoms with Gasteiger partial charge in [0.05, 0.1) is 10.8 Å². The van der Waals surface area contributed by atoms with Crippen molar-refractivity contribution in [3.05, 3.63) is 42.5 Å². The third-order valence-corrected chi connectivity index (χ3v) is 4.36. The van der Waals surface area contributed by atoms with Gasteiger partial charge in [-0.05, 0) is 29.3 Å². The minimum absolute atomic E-state index is 0.0378. The zero-order valence-electron chi connectivity index (χ0n) is 10.1. The lowest BCUT2D eigenvalue weighted by atomic mass is 10.1. The molecule has 3 N–H and O–H groups in total. The van der Waals surface area contributed by atoms with Crippen LogP contribution in [0.25, 0.3) is 10.8 Å². The van der Waals surface area contributed by atoms with Crippen LogP contribution >= 0.6 is 0 Å². The van der Waals surface area contributed by atoms with E-state index in [1.807, 2.05) is 42.5 Å². The number of fused-ring (bicyclic) bond motifs is 1. The third-order valence-electron chi connectivity index (χ3n) is 2.85. The molecule has 0 saturated carbocycles. The molecule has 18 heavy (non-hydrogen) atoms. The second kappa shape index (κ2) is 6.09. The van der Waals surface area contributed by atoms with E-state index in [0.29, 0.717) is 12.2 Å². The summed E-state index contributed by atoms with van der Waals surface area (Å²) in [7, 11) is -1.11. The second-order valence-corrected chi connectivity index (χ2v) is 5.79. The van der Waals surface area contributed by atoms with E-state index in [9.17, 15) is 4.21 Å². The molecule has 2 aromatic carbocycles. The van der Waals surface area contributed by atoms with Crippen molar-refractivity contribution in [2.75, 3.05) is 12.4 Å². The summed E-state index contributed by atoms with van der Waals surface area (Å²) < 4.78 is 12.1. The summed E-state index contributed by atoms with van der Waals surface area (Å²) in [6, 6.07) is 13.6. The first-order valence-electron chi connectivity index (χ1n) is 5.94. The molecule has 2 unspecified atom stereocenters. The van der Waals surface area contributed by atoms with Crippen molar-refractivity contribution in [3.63, 3.8) is 0 Å². The highest BCUT2D eigenvalue weighted by Crippen LogP contribution is 2.18. The lowest BCUT2D eigenvalue weighted by Crippen LogP contribution is -2.28. The SMILES string of the molecule is NC(CCO)CS(=O)c1ccc2ccccc2c1. The third kappa shape index (κ3) is 3.16. The van der Waals surface area contributed by atoms with E-state index < -0.39 is 10.8 Å². The standard InChI is InChI=1S/C14H17NO2S/c15-13(7-8-16)10-18(17)14-6-5-11-3-1-2-4-12(11)9-14/h1-6,9,13,16H,7-8,10,15H2. The smallest absolute Gasteiger partial charge is 0.0545 e. The van der Waals surface area contributed by atoms with Crippen molar-refractivity contribution in [2.45, 2.75) is 17.4 Å². The fourth-order valence-corrected chi connectivity index (χ4v) is 3.08. The Bertz CT molecular complexity index is 556. The van der Waals surface area contributed by atoms with Crippen LogP contribution in [0.5, 0.6) is 0 Å². The topological polar surface area (TPSA) is 63.3 Å². The van der Waals surface area contributed by atoms with Crippen molar-refractivity contribution in [1.29, 1.82) is 0 Å². The Kier molecular flexibility index (Phi) is 4.47. The van der Waals surface area contributed by atoms with E-state index in [0.717, 1.165) is 15.7 Å². The number of aliphatic hydroxyl groups is 1. The van der Waals surface area contributed by atoms with Gasteiger partial charge in [0.1, 0.15) is 0 Å². The Morgan fingerprint density at radius 2 is 1.89 bits per heavy atom. The monoisotopic (exact) mass is 263 g/mol. The van der Waals surface area contributed by atoms with Gasteiger partial charge in [0, 0.05) is 23.3 Å². The largest absolute Gasteiger partial charge is 0.396 e. The van der Waals surface area contributed by atoms with Crippen molar-refractivity contribution in [1.82, 2.24) is 0 Å². The zero-order chi connectivity index (χ0) is 13.0. The number of aliphatic hydroxyl groups excluding tert-OH is 1. The highest BCUT2D eigenvalue weighted by Gasteiger charge is 2.10. The molecule has 96 valence electrons. The Balaban J connectivity index is 2.17. The quantitative estimate of drug-likeness (QED) is 0.862. The molecule has 2 atom stereocenters. The molecule has 0 fully saturated rings. The zero-order valence-corrected chi connectivity index (χ0v) is 10.9. The molecule has 0 amide bonds. The van der Waals surface area contributed by atoms with Crippen molar-refractivity contribution < 1.29 is 9.32 Å². The maximum absolute atomic E-state index is 12.1. The van der Waals surface area contributed by atoms with Crippen LogP contribution in [0.2, 0.25) is 0 Å². The van der Waals surface area contributed by atoms with Crippen molar-refractivity contribution in [3.8, 4) is 0 Å². The minimum atomic E-state index is -1.11. The fourth-order valence-electron chi connectivity index (χ4n) is 1.85. The number of benzene rings is 2. The second-order valence-electron chi connectivity index (χ2n) is 4.29. The molecule has 0 aromatic heterocycles. The van der Waals surface area contributed by atoms with Crippen LogP contribution in [-0.2, 0) is 10.8 Å². The van der Waals surface area contributed by atoms with Gasteiger partial charge in [0.25, 0.3) is 0 Å². The van der Waals surface area contributed by atoms with Gasteiger partial charge in [-0.15, -0.1) is 0 Å². The number of hydrogen-bond acceptors (Lipinski definition) is 3. The van der Waals surface area contributed by atoms with E-state index in [1.165, 1.54) is 0 Å². The molecule has 2 aromatic rings. The number of hydrogen-bond donors (Lipinski definition) is 2. The van der Waals surface area contributed by atoms with Crippen LogP contribution in [0.3, 0.4) is 0 Å². The molecule has 0 aliphatic rings. The number of nitrogens with two attached hydrogens (primary N) is 1. The fraction of sp³-hybridized carbons (Fsp3) is 0.286. The highest BCUT2D eigenvalue weighted by atomic mass is 32.2. The predicted octanol–water partition coefficient (Wildman–Crippen LogP) is 1.66. The first-order chi connectivity index (χ1) is 8.70. The van der Waals surface area contributed by atoms with Crippen LogP contribution in [0, 0.1) is 0 Å². The Morgan fingerprint density at radius 3 is 2.61 bits per heavy atom. The molecule has 0 heterocycles. The molecule has 0 aliphatic carbocycles. The first kappa shape index (κ1) is 13.2. The first-order valence-corrected chi connectivity index (χ1v) is 7.26. The van der Waals surface area contributed by atoms with Crippen molar-refractivity contribution >= 4 is 21.6 Å². The maximum Gasteiger partial charge on any atom is 0.0545 e. The average molecular weight is 263 g/mol. The molecule has 0 saturated heterocycles. The lowest BCUT2D eigenvalue weighted by molar-refractivity contribution is 0.279. The Labute approximate surface area is 109 Å². The Morgan fingerprint density at radius 1 is 1.17 bits per heavy atom. The molecule has 3 nitrogen and oxygen atoms in total. The molecule has 2 rings (SSSR count). The number of rotatable bonds is 5. The summed E-state index contributed by atoms with van der Waals surface area (Å²) in [4.78, 5) is 0.794. The molecule has 0 radical (unpaired) electrons. The van der Waals surface area contributed by atoms with Gasteiger partial charge in [0.2, 0.25) is 0 Å². The summed E-state index contributed by atoms with van der Waals surface area (Å²) in [6.45, 7) is 0.0378. The minimum Gasteiger partial charge on any atom is -0.396 e. The highest BCUT2D eigenvalue weighted by molar-refractivity contribution is 7.85. The predicted molar refractivity (Wildman–Crippen MR) is 74.9 cm³/mol. The van der Waals surface area contributed by atoms with Gasteiger partial charge in [-0.2, -0.15) is 0 Å². The van der Waals surface area contributed by atoms with E-state index in [-0.39, 0.29) is 12.6 Å². The summed E-state index contributed by atoms with van der Waals surface area (Å²) in [5.74, 6) is 0.388. The van der Waals surface area contributed by atoms with Gasteiger partial charge >= 0.3 is 0 Å². The molecule has 0 bridgehead atoms. The summed E-state index contributed by atoms with van der Waals surface area (Å²) in [6.07, 6.45) is 0.485. The summed E-state index contributed by atoms with van der Waals surface area (Å²) >= 11 is 0. The van der Waals surface area contributed by atoms with Gasteiger partial charge in [-0.1, -0.05) is 30.3 Å². The molecular weight excluding hydrogens is 246 g/mol. The van der Waals surface area contributed by atoms with Gasteiger partial charge in [-0.3, -0.25) is 4.21 Å². The molecule has 4 heteroatoms. The molecular formula is C14H17NO2S. The lowest BCUT2D eigenvalue weighted by Gasteiger charge is -2.10. The van der Waals surface area contributed by atoms with E-state index in [2.05, 4.69) is 0 Å². The average Bonchev–Trinajstić information content (AvgIpc) is 2.38. The van der Waals surface area contributed by atoms with Crippen LogP contribution in [0.1, 0.15) is 6.42 Å². The van der Waals surface area contributed by atoms with Crippen molar-refractivity contribution in [2.24, 2.45) is 5.73 Å². The van der Waals surface area contributed by atoms with Gasteiger partial charge in [-0.25, -0.2) is 0 Å². The summed E-state index contributed by atoms with van der Waals surface area (Å²) in [5.41, 5.74) is 5.78. The Hall–Kier alpha value is -1.23. The molecule has 0 aliphatic heterocycles. The van der Waals surface area contributed by atoms with Gasteiger partial charge < -0.3 is 10.8 Å². The summed E-state index contributed by atoms with van der Waals surface area (Å²) in [5, 5.41) is 11.0. The van der Waals surface area contributed by atoms with Crippen LogP contribution in [0.4, 0.5) is 0 Å². The maximum atomic E-state index is 12.1. The van der Waals surface area contributed by atoms with E-state index >= 15 is 0 Å².